The molecule has 0 aromatic rings. The lowest BCUT2D eigenvalue weighted by Crippen LogP contribution is -2.45. The highest BCUT2D eigenvalue weighted by atomic mass is 16.2. The van der Waals surface area contributed by atoms with E-state index in [0.29, 0.717) is 6.54 Å². The first-order valence-corrected chi connectivity index (χ1v) is 4.75. The fraction of sp³-hybridized carbons (Fsp3) is 0.778. The largest absolute Gasteiger partial charge is 0.355 e. The molecule has 0 aliphatic rings. The second kappa shape index (κ2) is 6.23. The molecule has 0 unspecified atom stereocenters. The first-order chi connectivity index (χ1) is 6.47. The van der Waals surface area contributed by atoms with Crippen molar-refractivity contribution in [3.8, 4) is 0 Å². The molecular weight excluding hydrogens is 182 g/mol. The molecule has 5 heteroatoms. The summed E-state index contributed by atoms with van der Waals surface area (Å²) in [5, 5.41) is 5.32. The van der Waals surface area contributed by atoms with Crippen molar-refractivity contribution < 1.29 is 9.59 Å². The molecular formula is C9H19N3O2. The molecule has 0 radical (unpaired) electrons. The molecule has 0 aromatic carbocycles. The summed E-state index contributed by atoms with van der Waals surface area (Å²) < 4.78 is 0. The molecule has 0 heterocycles. The molecule has 0 atom stereocenters. The number of carbonyl (C=O) groups excluding carboxylic acids is 2. The summed E-state index contributed by atoms with van der Waals surface area (Å²) in [6.45, 7) is 6.26. The van der Waals surface area contributed by atoms with Crippen LogP contribution in [-0.2, 0) is 4.79 Å². The van der Waals surface area contributed by atoms with Gasteiger partial charge < -0.3 is 15.5 Å². The number of amides is 3. The van der Waals surface area contributed by atoms with Gasteiger partial charge in [0.1, 0.15) is 6.54 Å². The Morgan fingerprint density at radius 2 is 1.93 bits per heavy atom. The van der Waals surface area contributed by atoms with Gasteiger partial charge in [0.25, 0.3) is 0 Å². The van der Waals surface area contributed by atoms with Crippen LogP contribution >= 0.6 is 0 Å². The van der Waals surface area contributed by atoms with E-state index in [1.165, 1.54) is 4.90 Å². The first-order valence-electron chi connectivity index (χ1n) is 4.75. The Hall–Kier alpha value is -1.26. The summed E-state index contributed by atoms with van der Waals surface area (Å²) in [6, 6.07) is -0.148. The smallest absolute Gasteiger partial charge is 0.317 e. The third kappa shape index (κ3) is 5.40. The number of likely N-dealkylation sites (N-methyl/N-ethyl adjacent to an activating group) is 2. The lowest BCUT2D eigenvalue weighted by Gasteiger charge is -2.18. The normalized spacial score (nSPS) is 9.79. The minimum absolute atomic E-state index is 0.0826. The Bertz CT molecular complexity index is 204. The fourth-order valence-electron chi connectivity index (χ4n) is 0.897. The van der Waals surface area contributed by atoms with Gasteiger partial charge in [0.2, 0.25) is 5.91 Å². The molecule has 5 nitrogen and oxygen atoms in total. The Morgan fingerprint density at radius 3 is 2.36 bits per heavy atom. The van der Waals surface area contributed by atoms with Crippen LogP contribution in [0.1, 0.15) is 20.8 Å². The predicted octanol–water partition coefficient (Wildman–Crippen LogP) is 0.172. The van der Waals surface area contributed by atoms with E-state index >= 15 is 0 Å². The minimum atomic E-state index is -0.230. The van der Waals surface area contributed by atoms with Crippen molar-refractivity contribution in [3.05, 3.63) is 0 Å². The number of urea groups is 1. The summed E-state index contributed by atoms with van der Waals surface area (Å²) in [6.07, 6.45) is 0. The van der Waals surface area contributed by atoms with Crippen molar-refractivity contribution in [1.29, 1.82) is 0 Å². The zero-order chi connectivity index (χ0) is 11.1. The molecule has 0 rings (SSSR count). The third-order valence-electron chi connectivity index (χ3n) is 1.51. The van der Waals surface area contributed by atoms with E-state index in [-0.39, 0.29) is 24.5 Å². The summed E-state index contributed by atoms with van der Waals surface area (Å²) >= 11 is 0. The van der Waals surface area contributed by atoms with E-state index in [1.54, 1.807) is 7.05 Å². The SMILES string of the molecule is CCNC(=O)CN(C)C(=O)NC(C)C. The summed E-state index contributed by atoms with van der Waals surface area (Å²) in [7, 11) is 1.59. The van der Waals surface area contributed by atoms with Crippen molar-refractivity contribution in [2.45, 2.75) is 26.8 Å². The fourth-order valence-corrected chi connectivity index (χ4v) is 0.897. The lowest BCUT2D eigenvalue weighted by molar-refractivity contribution is -0.121. The first kappa shape index (κ1) is 12.7. The number of hydrogen-bond donors (Lipinski definition) is 2. The molecule has 0 bridgehead atoms. The number of rotatable bonds is 4. The van der Waals surface area contributed by atoms with Gasteiger partial charge in [-0.25, -0.2) is 4.79 Å². The molecule has 0 saturated heterocycles. The van der Waals surface area contributed by atoms with Gasteiger partial charge >= 0.3 is 6.03 Å². The summed E-state index contributed by atoms with van der Waals surface area (Å²) in [5.41, 5.74) is 0. The summed E-state index contributed by atoms with van der Waals surface area (Å²) in [4.78, 5) is 23.8. The average Bonchev–Trinajstić information content (AvgIpc) is 2.02. The maximum absolute atomic E-state index is 11.3. The van der Waals surface area contributed by atoms with Crippen molar-refractivity contribution >= 4 is 11.9 Å². The number of hydrogen-bond acceptors (Lipinski definition) is 2. The van der Waals surface area contributed by atoms with Crippen LogP contribution in [0.2, 0.25) is 0 Å². The highest BCUT2D eigenvalue weighted by Crippen LogP contribution is 1.86. The van der Waals surface area contributed by atoms with Gasteiger partial charge in [-0.3, -0.25) is 4.79 Å². The third-order valence-corrected chi connectivity index (χ3v) is 1.51. The molecule has 3 amide bonds. The molecule has 14 heavy (non-hydrogen) atoms. The molecule has 0 aromatic heterocycles. The van der Waals surface area contributed by atoms with Crippen molar-refractivity contribution in [3.63, 3.8) is 0 Å². The van der Waals surface area contributed by atoms with Gasteiger partial charge in [-0.05, 0) is 20.8 Å². The Balaban J connectivity index is 3.88. The van der Waals surface area contributed by atoms with Gasteiger partial charge in [0, 0.05) is 19.6 Å². The van der Waals surface area contributed by atoms with Gasteiger partial charge in [-0.1, -0.05) is 0 Å². The van der Waals surface area contributed by atoms with E-state index in [2.05, 4.69) is 10.6 Å². The topological polar surface area (TPSA) is 61.4 Å². The second-order valence-electron chi connectivity index (χ2n) is 3.41. The van der Waals surface area contributed by atoms with Crippen LogP contribution in [-0.4, -0.2) is 43.0 Å². The number of nitrogens with zero attached hydrogens (tertiary/aromatic N) is 1. The van der Waals surface area contributed by atoms with Crippen LogP contribution in [0.4, 0.5) is 4.79 Å². The molecule has 82 valence electrons. The van der Waals surface area contributed by atoms with Crippen LogP contribution in [0.15, 0.2) is 0 Å². The van der Waals surface area contributed by atoms with Crippen molar-refractivity contribution in [2.24, 2.45) is 0 Å². The van der Waals surface area contributed by atoms with E-state index in [1.807, 2.05) is 20.8 Å². The molecule has 0 saturated carbocycles. The molecule has 0 aliphatic carbocycles. The Kier molecular flexibility index (Phi) is 5.67. The maximum Gasteiger partial charge on any atom is 0.317 e. The van der Waals surface area contributed by atoms with E-state index in [9.17, 15) is 9.59 Å². The molecule has 2 N–H and O–H groups in total. The van der Waals surface area contributed by atoms with Crippen molar-refractivity contribution in [2.75, 3.05) is 20.1 Å². The van der Waals surface area contributed by atoms with E-state index in [4.69, 9.17) is 0 Å². The quantitative estimate of drug-likeness (QED) is 0.681. The highest BCUT2D eigenvalue weighted by molar-refractivity contribution is 5.83. The second-order valence-corrected chi connectivity index (χ2v) is 3.41. The van der Waals surface area contributed by atoms with Crippen LogP contribution < -0.4 is 10.6 Å². The van der Waals surface area contributed by atoms with Crippen LogP contribution in [0.3, 0.4) is 0 Å². The summed E-state index contributed by atoms with van der Waals surface area (Å²) in [5.74, 6) is -0.145. The predicted molar refractivity (Wildman–Crippen MR) is 55.0 cm³/mol. The number of carbonyl (C=O) groups is 2. The maximum atomic E-state index is 11.3. The lowest BCUT2D eigenvalue weighted by atomic mass is 10.4. The Labute approximate surface area is 84.8 Å². The molecule has 0 aliphatic heterocycles. The average molecular weight is 201 g/mol. The Morgan fingerprint density at radius 1 is 1.36 bits per heavy atom. The van der Waals surface area contributed by atoms with Crippen LogP contribution in [0.5, 0.6) is 0 Å². The van der Waals surface area contributed by atoms with Gasteiger partial charge in [-0.2, -0.15) is 0 Å². The monoisotopic (exact) mass is 201 g/mol. The van der Waals surface area contributed by atoms with Gasteiger partial charge in [0.15, 0.2) is 0 Å². The number of nitrogens with one attached hydrogen (secondary N) is 2. The molecule has 0 spiro atoms. The minimum Gasteiger partial charge on any atom is -0.355 e. The standard InChI is InChI=1S/C9H19N3O2/c1-5-10-8(13)6-12(4)9(14)11-7(2)3/h7H,5-6H2,1-4H3,(H,10,13)(H,11,14). The van der Waals surface area contributed by atoms with Crippen LogP contribution in [0.25, 0.3) is 0 Å². The zero-order valence-electron chi connectivity index (χ0n) is 9.26. The highest BCUT2D eigenvalue weighted by Gasteiger charge is 2.12. The van der Waals surface area contributed by atoms with Crippen LogP contribution in [0, 0.1) is 0 Å². The van der Waals surface area contributed by atoms with E-state index in [0.717, 1.165) is 0 Å². The van der Waals surface area contributed by atoms with Crippen molar-refractivity contribution in [1.82, 2.24) is 15.5 Å². The molecule has 0 fully saturated rings. The zero-order valence-corrected chi connectivity index (χ0v) is 9.26. The van der Waals surface area contributed by atoms with Gasteiger partial charge in [-0.15, -0.1) is 0 Å². The van der Waals surface area contributed by atoms with E-state index < -0.39 is 0 Å². The van der Waals surface area contributed by atoms with Gasteiger partial charge in [0.05, 0.1) is 0 Å².